The van der Waals surface area contributed by atoms with Crippen molar-refractivity contribution in [2.24, 2.45) is 4.99 Å². The van der Waals surface area contributed by atoms with Crippen LogP contribution in [-0.2, 0) is 6.54 Å². The van der Waals surface area contributed by atoms with Crippen molar-refractivity contribution in [2.75, 3.05) is 13.1 Å². The summed E-state index contributed by atoms with van der Waals surface area (Å²) in [5, 5.41) is 18.5. The smallest absolute Gasteiger partial charge is 0.191 e. The molecule has 1 atom stereocenters. The van der Waals surface area contributed by atoms with Gasteiger partial charge in [-0.25, -0.2) is 9.98 Å². The Morgan fingerprint density at radius 2 is 2.07 bits per heavy atom. The van der Waals surface area contributed by atoms with E-state index in [1.165, 1.54) is 4.70 Å². The maximum Gasteiger partial charge on any atom is 0.191 e. The van der Waals surface area contributed by atoms with Crippen LogP contribution in [0, 0.1) is 0 Å². The van der Waals surface area contributed by atoms with Crippen molar-refractivity contribution in [2.45, 2.75) is 19.6 Å². The monoisotopic (exact) mass is 516 g/mol. The number of aliphatic imine (C=N–C) groups is 1. The molecule has 0 saturated carbocycles. The Bertz CT molecular complexity index is 852. The first-order valence-electron chi connectivity index (χ1n) is 8.45. The Morgan fingerprint density at radius 3 is 2.78 bits per heavy atom. The minimum absolute atomic E-state index is 0. The molecule has 0 spiro atoms. The SMILES string of the molecule is CCNC(=NCc1ccc(Cl)nc1)NCC(O)c1cc2ccccc2s1.I. The van der Waals surface area contributed by atoms with Crippen LogP contribution >= 0.6 is 46.9 Å². The molecule has 1 unspecified atom stereocenters. The molecule has 0 bridgehead atoms. The Balaban J connectivity index is 0.00000261. The van der Waals surface area contributed by atoms with Crippen LogP contribution < -0.4 is 10.6 Å². The minimum atomic E-state index is -0.589. The molecular weight excluding hydrogens is 495 g/mol. The Kier molecular flexibility index (Phi) is 8.75. The fraction of sp³-hybridized carbons (Fsp3) is 0.263. The molecule has 1 aromatic carbocycles. The summed E-state index contributed by atoms with van der Waals surface area (Å²) in [6.07, 6.45) is 1.12. The van der Waals surface area contributed by atoms with Gasteiger partial charge < -0.3 is 15.7 Å². The average Bonchev–Trinajstić information content (AvgIpc) is 3.09. The Morgan fingerprint density at radius 1 is 1.26 bits per heavy atom. The molecule has 0 aliphatic rings. The number of hydrogen-bond donors (Lipinski definition) is 3. The van der Waals surface area contributed by atoms with Crippen molar-refractivity contribution < 1.29 is 5.11 Å². The van der Waals surface area contributed by atoms with Gasteiger partial charge in [0.25, 0.3) is 0 Å². The maximum absolute atomic E-state index is 10.5. The summed E-state index contributed by atoms with van der Waals surface area (Å²) in [5.74, 6) is 0.655. The molecule has 0 radical (unpaired) electrons. The molecule has 27 heavy (non-hydrogen) atoms. The first-order chi connectivity index (χ1) is 12.7. The lowest BCUT2D eigenvalue weighted by molar-refractivity contribution is 0.184. The zero-order chi connectivity index (χ0) is 18.4. The van der Waals surface area contributed by atoms with E-state index < -0.39 is 6.10 Å². The molecule has 2 aromatic heterocycles. The van der Waals surface area contributed by atoms with Crippen molar-refractivity contribution in [3.8, 4) is 0 Å². The quantitative estimate of drug-likeness (QED) is 0.197. The average molecular weight is 517 g/mol. The summed E-state index contributed by atoms with van der Waals surface area (Å²) in [7, 11) is 0. The highest BCUT2D eigenvalue weighted by atomic mass is 127. The van der Waals surface area contributed by atoms with Gasteiger partial charge in [0.2, 0.25) is 0 Å². The highest BCUT2D eigenvalue weighted by molar-refractivity contribution is 14.0. The van der Waals surface area contributed by atoms with Gasteiger partial charge in [-0.2, -0.15) is 0 Å². The number of aromatic nitrogens is 1. The summed E-state index contributed by atoms with van der Waals surface area (Å²) in [4.78, 5) is 9.52. The van der Waals surface area contributed by atoms with Crippen LogP contribution in [0.15, 0.2) is 53.7 Å². The number of fused-ring (bicyclic) bond motifs is 1. The van der Waals surface area contributed by atoms with E-state index in [4.69, 9.17) is 11.6 Å². The summed E-state index contributed by atoms with van der Waals surface area (Å²) in [6, 6.07) is 13.8. The molecule has 0 aliphatic heterocycles. The third-order valence-electron chi connectivity index (χ3n) is 3.79. The summed E-state index contributed by atoms with van der Waals surface area (Å²) >= 11 is 7.41. The highest BCUT2D eigenvalue weighted by Crippen LogP contribution is 2.29. The van der Waals surface area contributed by atoms with Crippen molar-refractivity contribution in [3.05, 3.63) is 64.3 Å². The number of aliphatic hydroxyl groups excluding tert-OH is 1. The van der Waals surface area contributed by atoms with Gasteiger partial charge >= 0.3 is 0 Å². The van der Waals surface area contributed by atoms with Crippen LogP contribution in [0.25, 0.3) is 10.1 Å². The number of thiophene rings is 1. The van der Waals surface area contributed by atoms with Crippen molar-refractivity contribution in [3.63, 3.8) is 0 Å². The van der Waals surface area contributed by atoms with Crippen molar-refractivity contribution in [1.82, 2.24) is 15.6 Å². The van der Waals surface area contributed by atoms with Crippen LogP contribution in [-0.4, -0.2) is 29.1 Å². The number of rotatable bonds is 6. The van der Waals surface area contributed by atoms with Gasteiger partial charge in [0, 0.05) is 28.9 Å². The van der Waals surface area contributed by atoms with E-state index >= 15 is 0 Å². The third-order valence-corrected chi connectivity index (χ3v) is 5.23. The molecule has 144 valence electrons. The van der Waals surface area contributed by atoms with Crippen LogP contribution in [0.2, 0.25) is 5.15 Å². The number of benzene rings is 1. The topological polar surface area (TPSA) is 69.5 Å². The number of halogens is 2. The van der Waals surface area contributed by atoms with E-state index in [0.717, 1.165) is 22.4 Å². The Labute approximate surface area is 184 Å². The molecule has 8 heteroatoms. The first kappa shape index (κ1) is 21.9. The fourth-order valence-electron chi connectivity index (χ4n) is 2.47. The lowest BCUT2D eigenvalue weighted by Gasteiger charge is -2.14. The molecule has 0 saturated heterocycles. The van der Waals surface area contributed by atoms with Gasteiger partial charge in [-0.3, -0.25) is 0 Å². The van der Waals surface area contributed by atoms with E-state index in [1.54, 1.807) is 23.6 Å². The van der Waals surface area contributed by atoms with Crippen molar-refractivity contribution in [1.29, 1.82) is 0 Å². The number of nitrogens with one attached hydrogen (secondary N) is 2. The number of pyridine rings is 1. The number of hydrogen-bond acceptors (Lipinski definition) is 4. The second kappa shape index (κ2) is 10.8. The largest absolute Gasteiger partial charge is 0.386 e. The summed E-state index contributed by atoms with van der Waals surface area (Å²) in [5.41, 5.74) is 0.969. The predicted molar refractivity (Wildman–Crippen MR) is 124 cm³/mol. The lowest BCUT2D eigenvalue weighted by Crippen LogP contribution is -2.39. The van der Waals surface area contributed by atoms with E-state index in [2.05, 4.69) is 32.7 Å². The normalized spacial score (nSPS) is 12.5. The molecular formula is C19H22ClIN4OS. The molecule has 0 fully saturated rings. The van der Waals surface area contributed by atoms with Gasteiger partial charge in [-0.15, -0.1) is 35.3 Å². The van der Waals surface area contributed by atoms with Gasteiger partial charge in [0.05, 0.1) is 6.54 Å². The number of guanidine groups is 1. The number of aliphatic hydroxyl groups is 1. The summed E-state index contributed by atoms with van der Waals surface area (Å²) < 4.78 is 1.18. The zero-order valence-electron chi connectivity index (χ0n) is 14.9. The molecule has 3 aromatic rings. The van der Waals surface area contributed by atoms with Gasteiger partial charge in [-0.1, -0.05) is 35.9 Å². The van der Waals surface area contributed by atoms with E-state index in [-0.39, 0.29) is 24.0 Å². The van der Waals surface area contributed by atoms with Gasteiger partial charge in [0.1, 0.15) is 11.3 Å². The van der Waals surface area contributed by atoms with E-state index in [1.807, 2.05) is 31.2 Å². The fourth-order valence-corrected chi connectivity index (χ4v) is 3.64. The van der Waals surface area contributed by atoms with Crippen LogP contribution in [0.4, 0.5) is 0 Å². The standard InChI is InChI=1S/C19H21ClN4OS.HI/c1-2-21-19(23-11-13-7-8-18(20)22-10-13)24-12-15(25)17-9-14-5-3-4-6-16(14)26-17;/h3-10,15,25H,2,11-12H2,1H3,(H2,21,23,24);1H. The molecule has 3 N–H and O–H groups in total. The zero-order valence-corrected chi connectivity index (χ0v) is 18.8. The molecule has 0 amide bonds. The highest BCUT2D eigenvalue weighted by Gasteiger charge is 2.12. The summed E-state index contributed by atoms with van der Waals surface area (Å²) in [6.45, 7) is 3.61. The molecule has 2 heterocycles. The molecule has 5 nitrogen and oxygen atoms in total. The van der Waals surface area contributed by atoms with Crippen LogP contribution in [0.1, 0.15) is 23.5 Å². The molecule has 3 rings (SSSR count). The lowest BCUT2D eigenvalue weighted by atomic mass is 10.2. The van der Waals surface area contributed by atoms with Crippen molar-refractivity contribution >= 4 is 63.0 Å². The van der Waals surface area contributed by atoms with Crippen LogP contribution in [0.5, 0.6) is 0 Å². The first-order valence-corrected chi connectivity index (χ1v) is 9.64. The van der Waals surface area contributed by atoms with Crippen LogP contribution in [0.3, 0.4) is 0 Å². The maximum atomic E-state index is 10.5. The van der Waals surface area contributed by atoms with Gasteiger partial charge in [-0.05, 0) is 36.1 Å². The van der Waals surface area contributed by atoms with Gasteiger partial charge in [0.15, 0.2) is 5.96 Å². The number of nitrogens with zero attached hydrogens (tertiary/aromatic N) is 2. The van der Waals surface area contributed by atoms with E-state index in [9.17, 15) is 5.11 Å². The predicted octanol–water partition coefficient (Wildman–Crippen LogP) is 4.36. The second-order valence-electron chi connectivity index (χ2n) is 5.77. The van der Waals surface area contributed by atoms with E-state index in [0.29, 0.717) is 24.2 Å². The molecule has 0 aliphatic carbocycles. The second-order valence-corrected chi connectivity index (χ2v) is 7.27. The minimum Gasteiger partial charge on any atom is -0.386 e. The Hall–Kier alpha value is -1.42. The third kappa shape index (κ3) is 6.31.